The minimum absolute atomic E-state index is 0.156. The zero-order valence-corrected chi connectivity index (χ0v) is 30.2. The minimum atomic E-state index is -0.502. The van der Waals surface area contributed by atoms with Gasteiger partial charge in [-0.3, -0.25) is 9.69 Å². The standard InChI is InChI=1S/C38H55N3O5/c1-13-41(36(4,5)6)35(42)33-32(27-16-14-26(15-17-27)24-40-18-20-43-21-19-40)34(46-39-33)29-22-28(25(2)3)30(44-37(7,8)9)23-31(29)45-38(10,11)12/h14-17,22-23,25H,13,18-21,24H2,1-12H3. The number of aromatic nitrogens is 1. The number of nitrogens with zero attached hydrogens (tertiary/aromatic N) is 3. The summed E-state index contributed by atoms with van der Waals surface area (Å²) in [5.41, 5.74) is 3.45. The van der Waals surface area contributed by atoms with E-state index < -0.39 is 16.7 Å². The van der Waals surface area contributed by atoms with Crippen molar-refractivity contribution in [3.05, 3.63) is 53.2 Å². The largest absolute Gasteiger partial charge is 0.488 e. The molecular weight excluding hydrogens is 578 g/mol. The van der Waals surface area contributed by atoms with Crippen LogP contribution in [0.15, 0.2) is 40.9 Å². The summed E-state index contributed by atoms with van der Waals surface area (Å²) in [5, 5.41) is 4.49. The Labute approximate surface area is 276 Å². The molecule has 1 aromatic heterocycles. The normalized spacial score (nSPS) is 14.9. The highest BCUT2D eigenvalue weighted by Gasteiger charge is 2.34. The summed E-state index contributed by atoms with van der Waals surface area (Å²) >= 11 is 0. The predicted molar refractivity (Wildman–Crippen MR) is 185 cm³/mol. The number of rotatable bonds is 9. The molecule has 1 fully saturated rings. The van der Waals surface area contributed by atoms with E-state index in [0.29, 0.717) is 23.6 Å². The van der Waals surface area contributed by atoms with Gasteiger partial charge in [-0.05, 0) is 97.9 Å². The van der Waals surface area contributed by atoms with Gasteiger partial charge in [0.2, 0.25) is 0 Å². The lowest BCUT2D eigenvalue weighted by molar-refractivity contribution is 0.0342. The third kappa shape index (κ3) is 8.71. The third-order valence-electron chi connectivity index (χ3n) is 7.83. The molecule has 0 N–H and O–H groups in total. The maximum Gasteiger partial charge on any atom is 0.277 e. The van der Waals surface area contributed by atoms with E-state index >= 15 is 0 Å². The number of morpholine rings is 1. The molecule has 0 bridgehead atoms. The first kappa shape index (κ1) is 35.5. The van der Waals surface area contributed by atoms with Crippen molar-refractivity contribution in [3.63, 3.8) is 0 Å². The van der Waals surface area contributed by atoms with E-state index in [1.165, 1.54) is 5.56 Å². The van der Waals surface area contributed by atoms with Gasteiger partial charge in [0.15, 0.2) is 11.5 Å². The van der Waals surface area contributed by atoms with Gasteiger partial charge in [-0.15, -0.1) is 0 Å². The van der Waals surface area contributed by atoms with Crippen LogP contribution in [-0.4, -0.2) is 70.5 Å². The van der Waals surface area contributed by atoms with Crippen LogP contribution in [0, 0.1) is 0 Å². The maximum absolute atomic E-state index is 14.2. The molecule has 0 spiro atoms. The first-order valence-electron chi connectivity index (χ1n) is 16.7. The minimum Gasteiger partial charge on any atom is -0.488 e. The first-order chi connectivity index (χ1) is 21.4. The number of hydrogen-bond donors (Lipinski definition) is 0. The Morgan fingerprint density at radius 2 is 1.50 bits per heavy atom. The molecular formula is C38H55N3O5. The van der Waals surface area contributed by atoms with E-state index in [1.807, 2.05) is 80.2 Å². The van der Waals surface area contributed by atoms with Crippen molar-refractivity contribution >= 4 is 5.91 Å². The molecule has 0 unspecified atom stereocenters. The number of carbonyl (C=O) groups is 1. The third-order valence-corrected chi connectivity index (χ3v) is 7.83. The van der Waals surface area contributed by atoms with Crippen molar-refractivity contribution in [2.24, 2.45) is 0 Å². The summed E-state index contributed by atoms with van der Waals surface area (Å²) in [4.78, 5) is 18.4. The lowest BCUT2D eigenvalue weighted by atomic mass is 9.93. The molecule has 3 aromatic rings. The van der Waals surface area contributed by atoms with E-state index in [0.717, 1.165) is 55.3 Å². The van der Waals surface area contributed by atoms with E-state index in [1.54, 1.807) is 0 Å². The van der Waals surface area contributed by atoms with Gasteiger partial charge in [-0.25, -0.2) is 0 Å². The van der Waals surface area contributed by atoms with Gasteiger partial charge in [0, 0.05) is 37.8 Å². The summed E-state index contributed by atoms with van der Waals surface area (Å²) in [5.74, 6) is 1.85. The fourth-order valence-corrected chi connectivity index (χ4v) is 5.77. The first-order valence-corrected chi connectivity index (χ1v) is 16.7. The molecule has 1 amide bonds. The highest BCUT2D eigenvalue weighted by atomic mass is 16.5. The number of hydrogen-bond acceptors (Lipinski definition) is 7. The highest BCUT2D eigenvalue weighted by Crippen LogP contribution is 2.46. The van der Waals surface area contributed by atoms with E-state index in [-0.39, 0.29) is 17.5 Å². The molecule has 1 saturated heterocycles. The molecule has 0 saturated carbocycles. The van der Waals surface area contributed by atoms with Crippen molar-refractivity contribution in [2.45, 2.75) is 112 Å². The van der Waals surface area contributed by atoms with E-state index in [2.05, 4.69) is 54.2 Å². The Bertz CT molecular complexity index is 1480. The fourth-order valence-electron chi connectivity index (χ4n) is 5.77. The van der Waals surface area contributed by atoms with Gasteiger partial charge in [0.25, 0.3) is 5.91 Å². The van der Waals surface area contributed by atoms with Crippen LogP contribution in [0.1, 0.15) is 111 Å². The average molecular weight is 634 g/mol. The molecule has 0 aliphatic carbocycles. The number of benzene rings is 2. The fraction of sp³-hybridized carbons (Fsp3) is 0.579. The van der Waals surface area contributed by atoms with Crippen LogP contribution >= 0.6 is 0 Å². The van der Waals surface area contributed by atoms with Crippen molar-refractivity contribution in [1.29, 1.82) is 0 Å². The molecule has 1 aliphatic rings. The molecule has 46 heavy (non-hydrogen) atoms. The Hall–Kier alpha value is -3.36. The Morgan fingerprint density at radius 3 is 2.02 bits per heavy atom. The average Bonchev–Trinajstić information content (AvgIpc) is 3.37. The quantitative estimate of drug-likeness (QED) is 0.234. The van der Waals surface area contributed by atoms with Crippen LogP contribution in [0.3, 0.4) is 0 Å². The summed E-state index contributed by atoms with van der Waals surface area (Å²) < 4.78 is 24.8. The molecule has 2 heterocycles. The molecule has 0 atom stereocenters. The molecule has 252 valence electrons. The number of amides is 1. The maximum atomic E-state index is 14.2. The molecule has 8 nitrogen and oxygen atoms in total. The highest BCUT2D eigenvalue weighted by molar-refractivity contribution is 6.03. The van der Waals surface area contributed by atoms with Gasteiger partial charge in [0.05, 0.1) is 24.3 Å². The van der Waals surface area contributed by atoms with E-state index in [4.69, 9.17) is 18.7 Å². The van der Waals surface area contributed by atoms with Crippen LogP contribution < -0.4 is 9.47 Å². The second-order valence-electron chi connectivity index (χ2n) is 15.5. The summed E-state index contributed by atoms with van der Waals surface area (Å²) in [6.07, 6.45) is 0. The Balaban J connectivity index is 1.94. The van der Waals surface area contributed by atoms with Crippen LogP contribution in [0.25, 0.3) is 22.5 Å². The SMILES string of the molecule is CCN(C(=O)c1noc(-c2cc(C(C)C)c(OC(C)(C)C)cc2OC(C)(C)C)c1-c1ccc(CN2CCOCC2)cc1)C(C)(C)C. The smallest absolute Gasteiger partial charge is 0.277 e. The van der Waals surface area contributed by atoms with E-state index in [9.17, 15) is 4.79 Å². The monoisotopic (exact) mass is 633 g/mol. The Morgan fingerprint density at radius 1 is 0.913 bits per heavy atom. The molecule has 4 rings (SSSR count). The number of carbonyl (C=O) groups excluding carboxylic acids is 1. The molecule has 8 heteroatoms. The summed E-state index contributed by atoms with van der Waals surface area (Å²) in [6.45, 7) is 29.3. The Kier molecular flexibility index (Phi) is 10.6. The lowest BCUT2D eigenvalue weighted by Gasteiger charge is -2.34. The topological polar surface area (TPSA) is 77.3 Å². The molecule has 2 aromatic carbocycles. The van der Waals surface area contributed by atoms with Gasteiger partial charge in [0.1, 0.15) is 22.7 Å². The second kappa shape index (κ2) is 13.8. The van der Waals surface area contributed by atoms with Crippen molar-refractivity contribution in [2.75, 3.05) is 32.8 Å². The van der Waals surface area contributed by atoms with Gasteiger partial charge in [-0.2, -0.15) is 0 Å². The zero-order valence-electron chi connectivity index (χ0n) is 30.2. The lowest BCUT2D eigenvalue weighted by Crippen LogP contribution is -2.45. The van der Waals surface area contributed by atoms with Crippen molar-refractivity contribution in [3.8, 4) is 33.9 Å². The summed E-state index contributed by atoms with van der Waals surface area (Å²) in [7, 11) is 0. The molecule has 0 radical (unpaired) electrons. The van der Waals surface area contributed by atoms with Crippen molar-refractivity contribution < 1.29 is 23.5 Å². The zero-order chi connectivity index (χ0) is 34.0. The molecule has 1 aliphatic heterocycles. The van der Waals surface area contributed by atoms with Crippen LogP contribution in [0.5, 0.6) is 11.5 Å². The second-order valence-corrected chi connectivity index (χ2v) is 15.5. The van der Waals surface area contributed by atoms with Crippen LogP contribution in [0.2, 0.25) is 0 Å². The van der Waals surface area contributed by atoms with Gasteiger partial charge >= 0.3 is 0 Å². The predicted octanol–water partition coefficient (Wildman–Crippen LogP) is 8.58. The summed E-state index contributed by atoms with van der Waals surface area (Å²) in [6, 6.07) is 12.4. The number of ether oxygens (including phenoxy) is 3. The van der Waals surface area contributed by atoms with Crippen molar-refractivity contribution in [1.82, 2.24) is 15.0 Å². The van der Waals surface area contributed by atoms with Gasteiger partial charge < -0.3 is 23.6 Å². The van der Waals surface area contributed by atoms with Crippen LogP contribution in [-0.2, 0) is 11.3 Å². The van der Waals surface area contributed by atoms with Gasteiger partial charge in [-0.1, -0.05) is 43.3 Å². The van der Waals surface area contributed by atoms with Crippen LogP contribution in [0.4, 0.5) is 0 Å².